The Bertz CT molecular complexity index is 1450. The highest BCUT2D eigenvalue weighted by atomic mass is 19.1. The first-order chi connectivity index (χ1) is 19.8. The smallest absolute Gasteiger partial charge is 0.287 e. The predicted molar refractivity (Wildman–Crippen MR) is 153 cm³/mol. The zero-order chi connectivity index (χ0) is 28.8. The van der Waals surface area contributed by atoms with Crippen molar-refractivity contribution in [1.82, 2.24) is 15.5 Å². The second-order valence-corrected chi connectivity index (χ2v) is 11.1. The van der Waals surface area contributed by atoms with E-state index >= 15 is 0 Å². The normalized spacial score (nSPS) is 16.7. The number of nitrogens with one attached hydrogen (secondary N) is 3. The van der Waals surface area contributed by atoms with Crippen LogP contribution in [0.4, 0.5) is 14.5 Å². The SMILES string of the molecule is O=C(CCNCC1CCCC1)Nc1ccc(CN2CCC(NC(=O)c3cc(=O)c4ccc(F)cc4o3)CC2)cc1F. The highest BCUT2D eigenvalue weighted by Gasteiger charge is 2.23. The van der Waals surface area contributed by atoms with Crippen LogP contribution >= 0.6 is 0 Å². The summed E-state index contributed by atoms with van der Waals surface area (Å²) in [5.41, 5.74) is 0.600. The molecule has 0 unspecified atom stereocenters. The predicted octanol–water partition coefficient (Wildman–Crippen LogP) is 4.57. The van der Waals surface area contributed by atoms with E-state index in [4.69, 9.17) is 4.42 Å². The molecule has 2 aromatic carbocycles. The van der Waals surface area contributed by atoms with Crippen molar-refractivity contribution in [2.24, 2.45) is 5.92 Å². The standard InChI is InChI=1S/C31H36F2N4O4/c32-22-6-7-24-27(38)17-29(41-28(24)16-22)31(40)35-23-10-13-37(14-11-23)19-21-5-8-26(25(33)15-21)36-30(39)9-12-34-18-20-3-1-2-4-20/h5-8,15-17,20,23,34H,1-4,9-14,18-19H2,(H,35,40)(H,36,39). The molecule has 0 bridgehead atoms. The number of piperidine rings is 1. The number of likely N-dealkylation sites (tertiary alicyclic amines) is 1. The van der Waals surface area contributed by atoms with E-state index in [-0.39, 0.29) is 34.4 Å². The maximum Gasteiger partial charge on any atom is 0.287 e. The van der Waals surface area contributed by atoms with Gasteiger partial charge in [-0.05, 0) is 68.0 Å². The minimum atomic E-state index is -0.553. The molecule has 41 heavy (non-hydrogen) atoms. The van der Waals surface area contributed by atoms with E-state index in [9.17, 15) is 23.2 Å². The molecule has 0 spiro atoms. The Balaban J connectivity index is 1.05. The Morgan fingerprint density at radius 1 is 0.976 bits per heavy atom. The van der Waals surface area contributed by atoms with Crippen LogP contribution in [-0.4, -0.2) is 48.9 Å². The van der Waals surface area contributed by atoms with Gasteiger partial charge in [0.1, 0.15) is 17.2 Å². The first-order valence-corrected chi connectivity index (χ1v) is 14.4. The second-order valence-electron chi connectivity index (χ2n) is 11.1. The first-order valence-electron chi connectivity index (χ1n) is 14.4. The van der Waals surface area contributed by atoms with E-state index in [1.54, 1.807) is 6.07 Å². The van der Waals surface area contributed by atoms with Gasteiger partial charge in [-0.2, -0.15) is 0 Å². The van der Waals surface area contributed by atoms with Crippen molar-refractivity contribution in [2.45, 2.75) is 57.5 Å². The molecule has 2 amide bonds. The van der Waals surface area contributed by atoms with Gasteiger partial charge in [-0.15, -0.1) is 0 Å². The van der Waals surface area contributed by atoms with Gasteiger partial charge < -0.3 is 20.4 Å². The van der Waals surface area contributed by atoms with Crippen LogP contribution in [0.3, 0.4) is 0 Å². The van der Waals surface area contributed by atoms with Gasteiger partial charge >= 0.3 is 0 Å². The molecule has 10 heteroatoms. The van der Waals surface area contributed by atoms with Crippen LogP contribution in [-0.2, 0) is 11.3 Å². The molecule has 1 aromatic heterocycles. The van der Waals surface area contributed by atoms with Crippen LogP contribution in [0, 0.1) is 17.6 Å². The molecular weight excluding hydrogens is 530 g/mol. The van der Waals surface area contributed by atoms with E-state index < -0.39 is 23.0 Å². The zero-order valence-corrected chi connectivity index (χ0v) is 23.0. The van der Waals surface area contributed by atoms with Gasteiger partial charge in [-0.25, -0.2) is 8.78 Å². The van der Waals surface area contributed by atoms with Gasteiger partial charge in [0.05, 0.1) is 11.1 Å². The molecule has 2 heterocycles. The number of carbonyl (C=O) groups excluding carboxylic acids is 2. The third-order valence-electron chi connectivity index (χ3n) is 7.99. The van der Waals surface area contributed by atoms with Crippen LogP contribution < -0.4 is 21.4 Å². The van der Waals surface area contributed by atoms with Crippen LogP contribution in [0.2, 0.25) is 0 Å². The van der Waals surface area contributed by atoms with E-state index in [0.29, 0.717) is 51.4 Å². The summed E-state index contributed by atoms with van der Waals surface area (Å²) in [5.74, 6) is -1.19. The second kappa shape index (κ2) is 13.4. The molecule has 0 radical (unpaired) electrons. The number of nitrogens with zero attached hydrogens (tertiary/aromatic N) is 1. The van der Waals surface area contributed by atoms with E-state index in [1.807, 2.05) is 6.07 Å². The Morgan fingerprint density at radius 2 is 1.76 bits per heavy atom. The number of hydrogen-bond acceptors (Lipinski definition) is 6. The average molecular weight is 567 g/mol. The molecule has 8 nitrogen and oxygen atoms in total. The molecule has 5 rings (SSSR count). The monoisotopic (exact) mass is 566 g/mol. The fourth-order valence-electron chi connectivity index (χ4n) is 5.68. The van der Waals surface area contributed by atoms with Gasteiger partial charge in [0.15, 0.2) is 11.2 Å². The molecule has 1 aliphatic heterocycles. The summed E-state index contributed by atoms with van der Waals surface area (Å²) in [7, 11) is 0. The van der Waals surface area contributed by atoms with Crippen molar-refractivity contribution in [1.29, 1.82) is 0 Å². The fourth-order valence-corrected chi connectivity index (χ4v) is 5.68. The summed E-state index contributed by atoms with van der Waals surface area (Å²) in [5, 5.41) is 9.11. The van der Waals surface area contributed by atoms with Crippen molar-refractivity contribution in [3.05, 3.63) is 75.6 Å². The van der Waals surface area contributed by atoms with Crippen molar-refractivity contribution < 1.29 is 22.8 Å². The van der Waals surface area contributed by atoms with Crippen LogP contribution in [0.1, 0.15) is 61.1 Å². The lowest BCUT2D eigenvalue weighted by Crippen LogP contribution is -2.44. The number of anilines is 1. The molecule has 0 atom stereocenters. The summed E-state index contributed by atoms with van der Waals surface area (Å²) in [6.45, 7) is 3.43. The molecular formula is C31H36F2N4O4. The van der Waals surface area contributed by atoms with E-state index in [1.165, 1.54) is 43.9 Å². The lowest BCUT2D eigenvalue weighted by Gasteiger charge is -2.32. The summed E-state index contributed by atoms with van der Waals surface area (Å²) in [6, 6.07) is 9.47. The lowest BCUT2D eigenvalue weighted by atomic mass is 10.0. The van der Waals surface area contributed by atoms with Gasteiger partial charge in [0.25, 0.3) is 5.91 Å². The van der Waals surface area contributed by atoms with Crippen molar-refractivity contribution >= 4 is 28.5 Å². The Hall–Kier alpha value is -3.63. The molecule has 2 fully saturated rings. The van der Waals surface area contributed by atoms with Crippen molar-refractivity contribution in [3.63, 3.8) is 0 Å². The molecule has 3 N–H and O–H groups in total. The molecule has 1 saturated heterocycles. The summed E-state index contributed by atoms with van der Waals surface area (Å²) in [4.78, 5) is 39.4. The maximum absolute atomic E-state index is 14.7. The third kappa shape index (κ3) is 7.77. The van der Waals surface area contributed by atoms with E-state index in [0.717, 1.165) is 24.2 Å². The van der Waals surface area contributed by atoms with Gasteiger partial charge in [-0.3, -0.25) is 19.3 Å². The number of benzene rings is 2. The number of amides is 2. The van der Waals surface area contributed by atoms with Gasteiger partial charge in [0, 0.05) is 50.8 Å². The number of hydrogen-bond donors (Lipinski definition) is 3. The highest BCUT2D eigenvalue weighted by molar-refractivity contribution is 5.93. The summed E-state index contributed by atoms with van der Waals surface area (Å²) >= 11 is 0. The highest BCUT2D eigenvalue weighted by Crippen LogP contribution is 2.24. The number of rotatable bonds is 10. The Kier molecular flexibility index (Phi) is 9.41. The van der Waals surface area contributed by atoms with Crippen LogP contribution in [0.15, 0.2) is 51.7 Å². The minimum absolute atomic E-state index is 0.0295. The quantitative estimate of drug-likeness (QED) is 0.311. The fraction of sp³-hybridized carbons (Fsp3) is 0.452. The third-order valence-corrected chi connectivity index (χ3v) is 7.99. The number of carbonyl (C=O) groups is 2. The summed E-state index contributed by atoms with van der Waals surface area (Å²) in [6.07, 6.45) is 6.72. The largest absolute Gasteiger partial charge is 0.451 e. The Morgan fingerprint density at radius 3 is 2.51 bits per heavy atom. The molecule has 218 valence electrons. The lowest BCUT2D eigenvalue weighted by molar-refractivity contribution is -0.116. The maximum atomic E-state index is 14.7. The zero-order valence-electron chi connectivity index (χ0n) is 23.0. The molecule has 2 aliphatic rings. The number of halogens is 2. The van der Waals surface area contributed by atoms with Crippen molar-refractivity contribution in [3.8, 4) is 0 Å². The molecule has 1 aliphatic carbocycles. The van der Waals surface area contributed by atoms with Crippen molar-refractivity contribution in [2.75, 3.05) is 31.5 Å². The minimum Gasteiger partial charge on any atom is -0.451 e. The van der Waals surface area contributed by atoms with Gasteiger partial charge in [0.2, 0.25) is 5.91 Å². The number of fused-ring (bicyclic) bond motifs is 1. The van der Waals surface area contributed by atoms with E-state index in [2.05, 4.69) is 20.9 Å². The first kappa shape index (κ1) is 28.9. The van der Waals surface area contributed by atoms with Gasteiger partial charge in [-0.1, -0.05) is 18.9 Å². The average Bonchev–Trinajstić information content (AvgIpc) is 3.47. The molecule has 1 saturated carbocycles. The summed E-state index contributed by atoms with van der Waals surface area (Å²) < 4.78 is 33.8. The van der Waals surface area contributed by atoms with Crippen LogP contribution in [0.5, 0.6) is 0 Å². The molecule has 3 aromatic rings. The topological polar surface area (TPSA) is 104 Å². The Labute approximate surface area is 237 Å². The van der Waals surface area contributed by atoms with Crippen LogP contribution in [0.25, 0.3) is 11.0 Å².